The number of nitrogens with zero attached hydrogens (tertiary/aromatic N) is 3. The second kappa shape index (κ2) is 9.05. The lowest BCUT2D eigenvalue weighted by Crippen LogP contribution is -2.27. The third-order valence-electron chi connectivity index (χ3n) is 5.78. The summed E-state index contributed by atoms with van der Waals surface area (Å²) in [7, 11) is 1.75. The largest absolute Gasteiger partial charge is 0.457 e. The molecular formula is C29H21N3O2. The van der Waals surface area contributed by atoms with Crippen molar-refractivity contribution in [3.05, 3.63) is 114 Å². The van der Waals surface area contributed by atoms with E-state index >= 15 is 0 Å². The van der Waals surface area contributed by atoms with E-state index in [-0.39, 0.29) is 12.5 Å². The maximum absolute atomic E-state index is 12.8. The van der Waals surface area contributed by atoms with Gasteiger partial charge in [0.1, 0.15) is 18.0 Å². The number of carbonyl (C=O) groups excluding carboxylic acids is 1. The van der Waals surface area contributed by atoms with Crippen LogP contribution in [0.3, 0.4) is 0 Å². The van der Waals surface area contributed by atoms with Crippen LogP contribution in [0.1, 0.15) is 16.7 Å². The van der Waals surface area contributed by atoms with Gasteiger partial charge in [0.25, 0.3) is 0 Å². The second-order valence-electron chi connectivity index (χ2n) is 7.96. The SMILES string of the molecule is CN1C(=O)CN=C(c2cccc(C#N)c2)c2cc(-c3ccccc3)c(Oc3ccccc3)cc21. The number of benzodiazepines with no additional fused rings is 1. The molecule has 4 aromatic carbocycles. The first-order chi connectivity index (χ1) is 16.6. The average Bonchev–Trinajstić information content (AvgIpc) is 3.01. The monoisotopic (exact) mass is 443 g/mol. The van der Waals surface area contributed by atoms with E-state index in [0.29, 0.717) is 28.5 Å². The summed E-state index contributed by atoms with van der Waals surface area (Å²) in [6.07, 6.45) is 0. The molecule has 34 heavy (non-hydrogen) atoms. The van der Waals surface area contributed by atoms with Crippen LogP contribution in [0.4, 0.5) is 5.69 Å². The number of carbonyl (C=O) groups is 1. The van der Waals surface area contributed by atoms with E-state index < -0.39 is 0 Å². The van der Waals surface area contributed by atoms with Crippen LogP contribution in [0.15, 0.2) is 102 Å². The molecule has 0 aromatic heterocycles. The molecule has 4 aromatic rings. The van der Waals surface area contributed by atoms with Gasteiger partial charge < -0.3 is 9.64 Å². The maximum Gasteiger partial charge on any atom is 0.248 e. The molecule has 0 N–H and O–H groups in total. The van der Waals surface area contributed by atoms with Crippen LogP contribution >= 0.6 is 0 Å². The molecule has 0 saturated carbocycles. The summed E-state index contributed by atoms with van der Waals surface area (Å²) < 4.78 is 6.31. The molecule has 0 atom stereocenters. The first-order valence-corrected chi connectivity index (χ1v) is 10.9. The van der Waals surface area contributed by atoms with Crippen LogP contribution in [-0.2, 0) is 4.79 Å². The van der Waals surface area contributed by atoms with Gasteiger partial charge in [-0.15, -0.1) is 0 Å². The van der Waals surface area contributed by atoms with Crippen molar-refractivity contribution in [2.24, 2.45) is 4.99 Å². The van der Waals surface area contributed by atoms with Crippen LogP contribution in [0.25, 0.3) is 11.1 Å². The van der Waals surface area contributed by atoms with E-state index in [2.05, 4.69) is 11.1 Å². The highest BCUT2D eigenvalue weighted by atomic mass is 16.5. The Labute approximate surface area is 198 Å². The highest BCUT2D eigenvalue weighted by Gasteiger charge is 2.25. The van der Waals surface area contributed by atoms with Crippen molar-refractivity contribution < 1.29 is 9.53 Å². The number of benzene rings is 4. The number of likely N-dealkylation sites (N-methyl/N-ethyl adjacent to an activating group) is 1. The number of hydrogen-bond donors (Lipinski definition) is 0. The molecule has 1 amide bonds. The Morgan fingerprint density at radius 2 is 1.56 bits per heavy atom. The zero-order valence-corrected chi connectivity index (χ0v) is 18.6. The Morgan fingerprint density at radius 1 is 0.853 bits per heavy atom. The van der Waals surface area contributed by atoms with E-state index in [1.54, 1.807) is 24.1 Å². The highest BCUT2D eigenvalue weighted by molar-refractivity contribution is 6.20. The van der Waals surface area contributed by atoms with E-state index in [0.717, 1.165) is 22.3 Å². The molecule has 164 valence electrons. The standard InChI is InChI=1S/C29H21N3O2/c1-32-26-17-27(34-23-13-6-3-7-14-23)24(21-10-4-2-5-11-21)16-25(26)29(31-19-28(32)33)22-12-8-9-20(15-22)18-30/h2-17H,19H2,1H3. The van der Waals surface area contributed by atoms with Gasteiger partial charge in [-0.3, -0.25) is 9.79 Å². The third-order valence-corrected chi connectivity index (χ3v) is 5.78. The number of anilines is 1. The van der Waals surface area contributed by atoms with Crippen molar-refractivity contribution >= 4 is 17.3 Å². The van der Waals surface area contributed by atoms with Gasteiger partial charge in [-0.2, -0.15) is 5.26 Å². The van der Waals surface area contributed by atoms with Crippen molar-refractivity contribution in [3.8, 4) is 28.7 Å². The number of ether oxygens (including phenoxy) is 1. The molecule has 5 heteroatoms. The minimum absolute atomic E-state index is 0.0207. The summed E-state index contributed by atoms with van der Waals surface area (Å²) in [5, 5.41) is 9.40. The molecule has 0 saturated heterocycles. The lowest BCUT2D eigenvalue weighted by molar-refractivity contribution is -0.116. The number of nitriles is 1. The fourth-order valence-electron chi connectivity index (χ4n) is 4.03. The van der Waals surface area contributed by atoms with Crippen molar-refractivity contribution in [3.63, 3.8) is 0 Å². The van der Waals surface area contributed by atoms with E-state index in [4.69, 9.17) is 4.74 Å². The van der Waals surface area contributed by atoms with Crippen LogP contribution in [0, 0.1) is 11.3 Å². The topological polar surface area (TPSA) is 65.7 Å². The predicted molar refractivity (Wildman–Crippen MR) is 133 cm³/mol. The molecule has 1 heterocycles. The smallest absolute Gasteiger partial charge is 0.248 e. The van der Waals surface area contributed by atoms with Crippen molar-refractivity contribution in [2.45, 2.75) is 0 Å². The van der Waals surface area contributed by atoms with E-state index in [9.17, 15) is 10.1 Å². The first-order valence-electron chi connectivity index (χ1n) is 10.9. The van der Waals surface area contributed by atoms with Gasteiger partial charge in [0, 0.05) is 29.8 Å². The van der Waals surface area contributed by atoms with E-state index in [1.807, 2.05) is 84.9 Å². The number of aliphatic imine (C=N–C) groups is 1. The van der Waals surface area contributed by atoms with Crippen LogP contribution in [0.5, 0.6) is 11.5 Å². The summed E-state index contributed by atoms with van der Waals surface area (Å²) >= 11 is 0. The third kappa shape index (κ3) is 4.05. The molecule has 0 aliphatic carbocycles. The summed E-state index contributed by atoms with van der Waals surface area (Å²) in [5.74, 6) is 1.23. The van der Waals surface area contributed by atoms with Gasteiger partial charge in [-0.1, -0.05) is 60.7 Å². The van der Waals surface area contributed by atoms with Crippen LogP contribution in [-0.4, -0.2) is 25.2 Å². The minimum atomic E-state index is -0.120. The Bertz CT molecular complexity index is 1440. The molecular weight excluding hydrogens is 422 g/mol. The maximum atomic E-state index is 12.8. The Kier molecular flexibility index (Phi) is 5.63. The van der Waals surface area contributed by atoms with Gasteiger partial charge in [0.05, 0.1) is 23.0 Å². The second-order valence-corrected chi connectivity index (χ2v) is 7.96. The van der Waals surface area contributed by atoms with Gasteiger partial charge in [-0.25, -0.2) is 0 Å². The molecule has 5 nitrogen and oxygen atoms in total. The number of para-hydroxylation sites is 1. The number of hydrogen-bond acceptors (Lipinski definition) is 4. The Hall–Kier alpha value is -4.69. The lowest BCUT2D eigenvalue weighted by atomic mass is 9.94. The van der Waals surface area contributed by atoms with Gasteiger partial charge in [0.15, 0.2) is 0 Å². The fraction of sp³-hybridized carbons (Fsp3) is 0.0690. The molecule has 5 rings (SSSR count). The molecule has 0 spiro atoms. The zero-order chi connectivity index (χ0) is 23.5. The van der Waals surface area contributed by atoms with Gasteiger partial charge >= 0.3 is 0 Å². The Morgan fingerprint density at radius 3 is 2.29 bits per heavy atom. The molecule has 0 bridgehead atoms. The van der Waals surface area contributed by atoms with Crippen LogP contribution < -0.4 is 9.64 Å². The average molecular weight is 444 g/mol. The van der Waals surface area contributed by atoms with E-state index in [1.165, 1.54) is 0 Å². The summed E-state index contributed by atoms with van der Waals surface area (Å²) in [4.78, 5) is 19.1. The van der Waals surface area contributed by atoms with Crippen molar-refractivity contribution in [2.75, 3.05) is 18.5 Å². The molecule has 0 unspecified atom stereocenters. The minimum Gasteiger partial charge on any atom is -0.457 e. The fourth-order valence-corrected chi connectivity index (χ4v) is 4.03. The number of rotatable bonds is 4. The van der Waals surface area contributed by atoms with Crippen LogP contribution in [0.2, 0.25) is 0 Å². The van der Waals surface area contributed by atoms with Crippen molar-refractivity contribution in [1.29, 1.82) is 5.26 Å². The highest BCUT2D eigenvalue weighted by Crippen LogP contribution is 2.40. The summed E-state index contributed by atoms with van der Waals surface area (Å²) in [6, 6.07) is 33.0. The number of fused-ring (bicyclic) bond motifs is 1. The first kappa shape index (κ1) is 21.2. The van der Waals surface area contributed by atoms with Crippen molar-refractivity contribution in [1.82, 2.24) is 0 Å². The summed E-state index contributed by atoms with van der Waals surface area (Å²) in [5.41, 5.74) is 5.39. The lowest BCUT2D eigenvalue weighted by Gasteiger charge is -2.22. The molecule has 1 aliphatic rings. The van der Waals surface area contributed by atoms with Gasteiger partial charge in [0.2, 0.25) is 5.91 Å². The predicted octanol–water partition coefficient (Wildman–Crippen LogP) is 5.83. The zero-order valence-electron chi connectivity index (χ0n) is 18.6. The molecule has 0 radical (unpaired) electrons. The normalized spacial score (nSPS) is 12.9. The molecule has 1 aliphatic heterocycles. The van der Waals surface area contributed by atoms with Gasteiger partial charge in [-0.05, 0) is 35.9 Å². The summed E-state index contributed by atoms with van der Waals surface area (Å²) in [6.45, 7) is 0.0207. The Balaban J connectivity index is 1.75. The number of amides is 1. The quantitative estimate of drug-likeness (QED) is 0.398. The molecule has 0 fully saturated rings.